The van der Waals surface area contributed by atoms with Crippen molar-refractivity contribution in [3.8, 4) is 0 Å². The number of aliphatic imine (C=N–C) groups is 1. The molecule has 1 aliphatic heterocycles. The van der Waals surface area contributed by atoms with Gasteiger partial charge in [-0.3, -0.25) is 4.79 Å². The van der Waals surface area contributed by atoms with Crippen molar-refractivity contribution < 1.29 is 9.53 Å². The summed E-state index contributed by atoms with van der Waals surface area (Å²) in [6.45, 7) is 0. The van der Waals surface area contributed by atoms with E-state index in [9.17, 15) is 4.79 Å². The number of rotatable bonds is 1. The average Bonchev–Trinajstić information content (AvgIpc) is 2.66. The molecule has 0 radical (unpaired) electrons. The van der Waals surface area contributed by atoms with Crippen molar-refractivity contribution >= 4 is 28.5 Å². The van der Waals surface area contributed by atoms with Crippen molar-refractivity contribution in [3.63, 3.8) is 0 Å². The van der Waals surface area contributed by atoms with E-state index >= 15 is 0 Å². The first-order valence-corrected chi connectivity index (χ1v) is 5.79. The number of methoxy groups -OCH3 is 1. The Balaban J connectivity index is 2.45. The van der Waals surface area contributed by atoms with Crippen LogP contribution in [0.15, 0.2) is 29.3 Å². The lowest BCUT2D eigenvalue weighted by molar-refractivity contribution is -0.140. The predicted octanol–water partition coefficient (Wildman–Crippen LogP) is 2.35. The first-order chi connectivity index (χ1) is 7.27. The Morgan fingerprint density at radius 2 is 2.20 bits per heavy atom. The van der Waals surface area contributed by atoms with Gasteiger partial charge in [0.2, 0.25) is 0 Å². The topological polar surface area (TPSA) is 38.7 Å². The molecule has 78 valence electrons. The van der Waals surface area contributed by atoms with Crippen LogP contribution in [-0.2, 0) is 9.53 Å². The SMILES string of the molecule is COC(=O)C1C(SC)=Nc2ccccc21. The van der Waals surface area contributed by atoms with Crippen LogP contribution in [0.2, 0.25) is 0 Å². The van der Waals surface area contributed by atoms with Crippen LogP contribution in [0.25, 0.3) is 0 Å². The van der Waals surface area contributed by atoms with Crippen LogP contribution in [0.3, 0.4) is 0 Å². The highest BCUT2D eigenvalue weighted by Gasteiger charge is 2.33. The van der Waals surface area contributed by atoms with Gasteiger partial charge < -0.3 is 4.74 Å². The third kappa shape index (κ3) is 1.65. The maximum Gasteiger partial charge on any atom is 0.319 e. The van der Waals surface area contributed by atoms with Gasteiger partial charge in [0.1, 0.15) is 5.92 Å². The van der Waals surface area contributed by atoms with Crippen LogP contribution >= 0.6 is 11.8 Å². The molecule has 1 aromatic rings. The number of hydrogen-bond acceptors (Lipinski definition) is 4. The second-order valence-electron chi connectivity index (χ2n) is 3.17. The van der Waals surface area contributed by atoms with Crippen LogP contribution in [0, 0.1) is 0 Å². The summed E-state index contributed by atoms with van der Waals surface area (Å²) in [7, 11) is 1.40. The zero-order chi connectivity index (χ0) is 10.8. The summed E-state index contributed by atoms with van der Waals surface area (Å²) in [6.07, 6.45) is 1.92. The molecule has 0 saturated carbocycles. The minimum atomic E-state index is -0.332. The van der Waals surface area contributed by atoms with Gasteiger partial charge in [0.15, 0.2) is 0 Å². The number of carbonyl (C=O) groups is 1. The molecular formula is C11H11NO2S. The molecule has 0 fully saturated rings. The average molecular weight is 221 g/mol. The van der Waals surface area contributed by atoms with Gasteiger partial charge in [-0.25, -0.2) is 4.99 Å². The van der Waals surface area contributed by atoms with Gasteiger partial charge in [-0.2, -0.15) is 0 Å². The molecule has 0 bridgehead atoms. The maximum atomic E-state index is 11.6. The minimum absolute atomic E-state index is 0.243. The minimum Gasteiger partial charge on any atom is -0.468 e. The maximum absolute atomic E-state index is 11.6. The monoisotopic (exact) mass is 221 g/mol. The van der Waals surface area contributed by atoms with Crippen molar-refractivity contribution in [1.82, 2.24) is 0 Å². The number of hydrogen-bond donors (Lipinski definition) is 0. The molecule has 1 aliphatic rings. The Labute approximate surface area is 92.5 Å². The Kier molecular flexibility index (Phi) is 2.77. The Hall–Kier alpha value is -1.29. The van der Waals surface area contributed by atoms with Crippen molar-refractivity contribution in [2.24, 2.45) is 4.99 Å². The standard InChI is InChI=1S/C11H11NO2S/c1-14-11(13)9-7-5-3-4-6-8(7)12-10(9)15-2/h3-6,9H,1-2H3. The molecule has 1 aromatic carbocycles. The lowest BCUT2D eigenvalue weighted by Crippen LogP contribution is -2.18. The first kappa shape index (κ1) is 10.2. The second-order valence-corrected chi connectivity index (χ2v) is 4.00. The largest absolute Gasteiger partial charge is 0.468 e. The number of thioether (sulfide) groups is 1. The van der Waals surface area contributed by atoms with Crippen LogP contribution < -0.4 is 0 Å². The Morgan fingerprint density at radius 1 is 1.47 bits per heavy atom. The fourth-order valence-electron chi connectivity index (χ4n) is 1.66. The third-order valence-corrected chi connectivity index (χ3v) is 3.12. The van der Waals surface area contributed by atoms with Gasteiger partial charge in [-0.1, -0.05) is 18.2 Å². The highest BCUT2D eigenvalue weighted by atomic mass is 32.2. The van der Waals surface area contributed by atoms with E-state index in [4.69, 9.17) is 4.74 Å². The number of fused-ring (bicyclic) bond motifs is 1. The van der Waals surface area contributed by atoms with Crippen LogP contribution in [0.1, 0.15) is 11.5 Å². The molecule has 0 aliphatic carbocycles. The van der Waals surface area contributed by atoms with Gasteiger partial charge >= 0.3 is 5.97 Å². The van der Waals surface area contributed by atoms with Gasteiger partial charge in [0.25, 0.3) is 0 Å². The van der Waals surface area contributed by atoms with Crippen molar-refractivity contribution in [1.29, 1.82) is 0 Å². The van der Waals surface area contributed by atoms with Crippen LogP contribution in [-0.4, -0.2) is 24.4 Å². The smallest absolute Gasteiger partial charge is 0.319 e. The number of benzene rings is 1. The molecule has 0 amide bonds. The number of para-hydroxylation sites is 1. The number of nitrogens with zero attached hydrogens (tertiary/aromatic N) is 1. The molecule has 0 N–H and O–H groups in total. The highest BCUT2D eigenvalue weighted by Crippen LogP contribution is 2.38. The summed E-state index contributed by atoms with van der Waals surface area (Å²) in [6, 6.07) is 7.66. The Morgan fingerprint density at radius 3 is 2.87 bits per heavy atom. The molecule has 4 heteroatoms. The molecule has 3 nitrogen and oxygen atoms in total. The molecular weight excluding hydrogens is 210 g/mol. The van der Waals surface area contributed by atoms with Crippen LogP contribution in [0.5, 0.6) is 0 Å². The van der Waals surface area contributed by atoms with Gasteiger partial charge in [0.05, 0.1) is 17.8 Å². The lowest BCUT2D eigenvalue weighted by atomic mass is 10.0. The van der Waals surface area contributed by atoms with E-state index < -0.39 is 0 Å². The first-order valence-electron chi connectivity index (χ1n) is 4.57. The quantitative estimate of drug-likeness (QED) is 0.683. The number of ether oxygens (including phenoxy) is 1. The van der Waals surface area contributed by atoms with Gasteiger partial charge in [-0.05, 0) is 17.9 Å². The van der Waals surface area contributed by atoms with E-state index in [1.807, 2.05) is 30.5 Å². The van der Waals surface area contributed by atoms with E-state index in [2.05, 4.69) is 4.99 Å². The molecule has 1 unspecified atom stereocenters. The van der Waals surface area contributed by atoms with E-state index in [-0.39, 0.29) is 11.9 Å². The molecule has 2 rings (SSSR count). The van der Waals surface area contributed by atoms with Gasteiger partial charge in [0, 0.05) is 0 Å². The summed E-state index contributed by atoms with van der Waals surface area (Å²) in [5.41, 5.74) is 1.81. The zero-order valence-corrected chi connectivity index (χ0v) is 9.38. The summed E-state index contributed by atoms with van der Waals surface area (Å²) in [4.78, 5) is 16.0. The summed E-state index contributed by atoms with van der Waals surface area (Å²) in [5, 5.41) is 0.808. The van der Waals surface area contributed by atoms with Crippen molar-refractivity contribution in [3.05, 3.63) is 29.8 Å². The molecule has 0 aromatic heterocycles. The molecule has 1 atom stereocenters. The fraction of sp³-hybridized carbons (Fsp3) is 0.273. The summed E-state index contributed by atoms with van der Waals surface area (Å²) < 4.78 is 4.79. The third-order valence-electron chi connectivity index (χ3n) is 2.37. The Bertz CT molecular complexity index is 428. The molecule has 1 heterocycles. The molecule has 15 heavy (non-hydrogen) atoms. The van der Waals surface area contributed by atoms with E-state index in [0.717, 1.165) is 16.3 Å². The van der Waals surface area contributed by atoms with Crippen molar-refractivity contribution in [2.45, 2.75) is 5.92 Å². The van der Waals surface area contributed by atoms with E-state index in [1.54, 1.807) is 0 Å². The van der Waals surface area contributed by atoms with Crippen LogP contribution in [0.4, 0.5) is 5.69 Å². The molecule has 0 spiro atoms. The summed E-state index contributed by atoms with van der Waals surface area (Å²) >= 11 is 1.49. The number of carbonyl (C=O) groups excluding carboxylic acids is 1. The van der Waals surface area contributed by atoms with Gasteiger partial charge in [-0.15, -0.1) is 11.8 Å². The second kappa shape index (κ2) is 4.06. The summed E-state index contributed by atoms with van der Waals surface area (Å²) in [5.74, 6) is -0.575. The lowest BCUT2D eigenvalue weighted by Gasteiger charge is -2.09. The van der Waals surface area contributed by atoms with E-state index in [1.165, 1.54) is 18.9 Å². The van der Waals surface area contributed by atoms with E-state index in [0.29, 0.717) is 0 Å². The fourth-order valence-corrected chi connectivity index (χ4v) is 2.31. The number of esters is 1. The highest BCUT2D eigenvalue weighted by molar-refractivity contribution is 8.13. The normalized spacial score (nSPS) is 18.3. The predicted molar refractivity (Wildman–Crippen MR) is 61.8 cm³/mol. The molecule has 0 saturated heterocycles. The van der Waals surface area contributed by atoms with Crippen molar-refractivity contribution in [2.75, 3.05) is 13.4 Å². The zero-order valence-electron chi connectivity index (χ0n) is 8.56.